The number of aliphatic hydroxyl groups is 1. The van der Waals surface area contributed by atoms with E-state index in [0.717, 1.165) is 19.4 Å². The molecule has 0 saturated carbocycles. The lowest BCUT2D eigenvalue weighted by Gasteiger charge is -2.38. The standard InChI is InChI=1S/C9H19NO/c1-7(2)10-5-4-9(11)6-8(10)3/h7-9,11H,4-6H2,1-3H3/t8-,9?/m0/s1. The second-order valence-corrected chi connectivity index (χ2v) is 3.86. The number of hydrogen-bond acceptors (Lipinski definition) is 2. The predicted molar refractivity (Wildman–Crippen MR) is 46.5 cm³/mol. The maximum Gasteiger partial charge on any atom is 0.0567 e. The molecule has 2 heteroatoms. The van der Waals surface area contributed by atoms with E-state index in [0.29, 0.717) is 12.1 Å². The molecule has 0 aromatic heterocycles. The lowest BCUT2D eigenvalue weighted by molar-refractivity contribution is 0.0323. The van der Waals surface area contributed by atoms with E-state index in [1.54, 1.807) is 0 Å². The molecule has 1 N–H and O–H groups in total. The molecule has 1 aliphatic rings. The summed E-state index contributed by atoms with van der Waals surface area (Å²) in [6.45, 7) is 7.69. The summed E-state index contributed by atoms with van der Waals surface area (Å²) < 4.78 is 0. The van der Waals surface area contributed by atoms with Gasteiger partial charge >= 0.3 is 0 Å². The van der Waals surface area contributed by atoms with Gasteiger partial charge in [-0.15, -0.1) is 0 Å². The number of hydrogen-bond donors (Lipinski definition) is 1. The molecular weight excluding hydrogens is 138 g/mol. The van der Waals surface area contributed by atoms with Crippen molar-refractivity contribution < 1.29 is 5.11 Å². The van der Waals surface area contributed by atoms with Crippen LogP contribution in [-0.2, 0) is 0 Å². The Balaban J connectivity index is 2.44. The average Bonchev–Trinajstić information content (AvgIpc) is 1.85. The fourth-order valence-corrected chi connectivity index (χ4v) is 1.93. The van der Waals surface area contributed by atoms with Gasteiger partial charge in [-0.05, 0) is 33.6 Å². The first-order valence-electron chi connectivity index (χ1n) is 4.55. The van der Waals surface area contributed by atoms with Crippen LogP contribution < -0.4 is 0 Å². The summed E-state index contributed by atoms with van der Waals surface area (Å²) in [5.41, 5.74) is 0. The Bertz CT molecular complexity index is 125. The molecule has 1 rings (SSSR count). The van der Waals surface area contributed by atoms with E-state index < -0.39 is 0 Å². The predicted octanol–water partition coefficient (Wildman–Crippen LogP) is 1.24. The number of piperidine rings is 1. The zero-order chi connectivity index (χ0) is 8.43. The third-order valence-electron chi connectivity index (χ3n) is 2.56. The van der Waals surface area contributed by atoms with Crippen LogP contribution in [0.5, 0.6) is 0 Å². The molecule has 0 bridgehead atoms. The molecule has 2 nitrogen and oxygen atoms in total. The highest BCUT2D eigenvalue weighted by atomic mass is 16.3. The number of rotatable bonds is 1. The van der Waals surface area contributed by atoms with Gasteiger partial charge in [0.15, 0.2) is 0 Å². The fraction of sp³-hybridized carbons (Fsp3) is 1.00. The molecule has 66 valence electrons. The van der Waals surface area contributed by atoms with Gasteiger partial charge in [0.2, 0.25) is 0 Å². The van der Waals surface area contributed by atoms with Crippen LogP contribution in [0, 0.1) is 0 Å². The minimum Gasteiger partial charge on any atom is -0.393 e. The van der Waals surface area contributed by atoms with E-state index in [2.05, 4.69) is 25.7 Å². The van der Waals surface area contributed by atoms with Gasteiger partial charge in [-0.25, -0.2) is 0 Å². The Kier molecular flexibility index (Phi) is 2.90. The Morgan fingerprint density at radius 1 is 1.45 bits per heavy atom. The molecule has 2 atom stereocenters. The maximum absolute atomic E-state index is 9.35. The van der Waals surface area contributed by atoms with Crippen LogP contribution in [0.1, 0.15) is 33.6 Å². The van der Waals surface area contributed by atoms with Crippen molar-refractivity contribution in [3.05, 3.63) is 0 Å². The molecule has 0 aromatic carbocycles. The summed E-state index contributed by atoms with van der Waals surface area (Å²) in [7, 11) is 0. The third kappa shape index (κ3) is 2.17. The average molecular weight is 157 g/mol. The SMILES string of the molecule is CC(C)N1CCC(O)C[C@@H]1C. The topological polar surface area (TPSA) is 23.5 Å². The van der Waals surface area contributed by atoms with Crippen LogP contribution in [0.3, 0.4) is 0 Å². The van der Waals surface area contributed by atoms with Crippen molar-refractivity contribution in [1.82, 2.24) is 4.90 Å². The third-order valence-corrected chi connectivity index (χ3v) is 2.56. The van der Waals surface area contributed by atoms with E-state index in [-0.39, 0.29) is 6.10 Å². The Morgan fingerprint density at radius 3 is 2.55 bits per heavy atom. The van der Waals surface area contributed by atoms with Gasteiger partial charge in [0.05, 0.1) is 6.10 Å². The normalized spacial score (nSPS) is 34.6. The summed E-state index contributed by atoms with van der Waals surface area (Å²) in [5.74, 6) is 0. The number of nitrogens with zero attached hydrogens (tertiary/aromatic N) is 1. The highest BCUT2D eigenvalue weighted by molar-refractivity contribution is 4.80. The van der Waals surface area contributed by atoms with Crippen LogP contribution >= 0.6 is 0 Å². The fourth-order valence-electron chi connectivity index (χ4n) is 1.93. The van der Waals surface area contributed by atoms with Crippen molar-refractivity contribution in [3.8, 4) is 0 Å². The lowest BCUT2D eigenvalue weighted by atomic mass is 9.99. The second kappa shape index (κ2) is 3.55. The lowest BCUT2D eigenvalue weighted by Crippen LogP contribution is -2.46. The molecule has 0 amide bonds. The Morgan fingerprint density at radius 2 is 2.09 bits per heavy atom. The van der Waals surface area contributed by atoms with E-state index in [1.165, 1.54) is 0 Å². The number of likely N-dealkylation sites (tertiary alicyclic amines) is 1. The molecule has 0 radical (unpaired) electrons. The van der Waals surface area contributed by atoms with Crippen molar-refractivity contribution in [2.45, 2.75) is 51.8 Å². The van der Waals surface area contributed by atoms with E-state index in [4.69, 9.17) is 0 Å². The molecule has 0 aliphatic carbocycles. The Labute approximate surface area is 69.2 Å². The minimum absolute atomic E-state index is 0.0556. The van der Waals surface area contributed by atoms with E-state index in [9.17, 15) is 5.11 Å². The zero-order valence-electron chi connectivity index (χ0n) is 7.75. The van der Waals surface area contributed by atoms with Crippen LogP contribution in [0.15, 0.2) is 0 Å². The minimum atomic E-state index is -0.0556. The van der Waals surface area contributed by atoms with Crippen molar-refractivity contribution >= 4 is 0 Å². The summed E-state index contributed by atoms with van der Waals surface area (Å²) in [5, 5.41) is 9.35. The molecule has 11 heavy (non-hydrogen) atoms. The van der Waals surface area contributed by atoms with Crippen molar-refractivity contribution in [2.75, 3.05) is 6.54 Å². The van der Waals surface area contributed by atoms with E-state index >= 15 is 0 Å². The quantitative estimate of drug-likeness (QED) is 0.619. The van der Waals surface area contributed by atoms with Crippen LogP contribution in [0.25, 0.3) is 0 Å². The summed E-state index contributed by atoms with van der Waals surface area (Å²) in [6.07, 6.45) is 1.83. The second-order valence-electron chi connectivity index (χ2n) is 3.86. The monoisotopic (exact) mass is 157 g/mol. The van der Waals surface area contributed by atoms with Crippen molar-refractivity contribution in [1.29, 1.82) is 0 Å². The molecule has 0 spiro atoms. The van der Waals surface area contributed by atoms with Crippen LogP contribution in [0.4, 0.5) is 0 Å². The van der Waals surface area contributed by atoms with Gasteiger partial charge in [-0.3, -0.25) is 4.90 Å². The first-order chi connectivity index (χ1) is 5.11. The molecule has 1 saturated heterocycles. The van der Waals surface area contributed by atoms with Gasteiger partial charge < -0.3 is 5.11 Å². The van der Waals surface area contributed by atoms with Crippen molar-refractivity contribution in [3.63, 3.8) is 0 Å². The molecule has 1 fully saturated rings. The number of aliphatic hydroxyl groups excluding tert-OH is 1. The molecule has 1 aliphatic heterocycles. The smallest absolute Gasteiger partial charge is 0.0567 e. The van der Waals surface area contributed by atoms with Gasteiger partial charge in [0, 0.05) is 18.6 Å². The highest BCUT2D eigenvalue weighted by Crippen LogP contribution is 2.18. The summed E-state index contributed by atoms with van der Waals surface area (Å²) >= 11 is 0. The largest absolute Gasteiger partial charge is 0.393 e. The Hall–Kier alpha value is -0.0800. The highest BCUT2D eigenvalue weighted by Gasteiger charge is 2.25. The maximum atomic E-state index is 9.35. The summed E-state index contributed by atoms with van der Waals surface area (Å²) in [6, 6.07) is 1.18. The molecule has 1 unspecified atom stereocenters. The van der Waals surface area contributed by atoms with Crippen LogP contribution in [-0.4, -0.2) is 34.7 Å². The zero-order valence-corrected chi connectivity index (χ0v) is 7.75. The molecular formula is C9H19NO. The van der Waals surface area contributed by atoms with Crippen LogP contribution in [0.2, 0.25) is 0 Å². The molecule has 1 heterocycles. The summed E-state index contributed by atoms with van der Waals surface area (Å²) in [4.78, 5) is 2.45. The van der Waals surface area contributed by atoms with E-state index in [1.807, 2.05) is 0 Å². The first-order valence-corrected chi connectivity index (χ1v) is 4.55. The molecule has 0 aromatic rings. The first kappa shape index (κ1) is 9.01. The van der Waals surface area contributed by atoms with Gasteiger partial charge in [-0.1, -0.05) is 0 Å². The van der Waals surface area contributed by atoms with Crippen molar-refractivity contribution in [2.24, 2.45) is 0 Å². The van der Waals surface area contributed by atoms with Gasteiger partial charge in [-0.2, -0.15) is 0 Å². The van der Waals surface area contributed by atoms with Gasteiger partial charge in [0.25, 0.3) is 0 Å². The van der Waals surface area contributed by atoms with Gasteiger partial charge in [0.1, 0.15) is 0 Å².